The Hall–Kier alpha value is -4.08. The van der Waals surface area contributed by atoms with Gasteiger partial charge in [0, 0.05) is 49.1 Å². The molecular formula is C31H37FN6O3. The maximum absolute atomic E-state index is 15.5. The molecule has 9 nitrogen and oxygen atoms in total. The average Bonchev–Trinajstić information content (AvgIpc) is 3.35. The number of amides is 2. The number of anilines is 1. The van der Waals surface area contributed by atoms with Crippen molar-refractivity contribution >= 4 is 17.8 Å². The minimum atomic E-state index is -0.591. The molecule has 1 aromatic carbocycles. The maximum Gasteiger partial charge on any atom is 0.410 e. The lowest BCUT2D eigenvalue weighted by atomic mass is 9.78. The highest BCUT2D eigenvalue weighted by atomic mass is 19.1. The quantitative estimate of drug-likeness (QED) is 0.457. The SMILES string of the molecule is CCc1ncnc(-c2ccc(C(=O)N3CCC4(CCN(C(=O)OC(C)(C)C)CC4)C3)c(F)c2)c1-c1ccc(N)nc1. The summed E-state index contributed by atoms with van der Waals surface area (Å²) in [6.07, 6.45) is 5.89. The topological polar surface area (TPSA) is 115 Å². The number of nitrogen functional groups attached to an aromatic ring is 1. The molecule has 2 amide bonds. The number of nitrogens with two attached hydrogens (primary N) is 1. The van der Waals surface area contributed by atoms with E-state index in [1.54, 1.807) is 34.2 Å². The Labute approximate surface area is 239 Å². The fourth-order valence-electron chi connectivity index (χ4n) is 5.78. The van der Waals surface area contributed by atoms with Crippen LogP contribution in [0.2, 0.25) is 0 Å². The van der Waals surface area contributed by atoms with E-state index in [0.717, 1.165) is 36.1 Å². The fraction of sp³-hybridized carbons (Fsp3) is 0.452. The van der Waals surface area contributed by atoms with Crippen molar-refractivity contribution in [2.45, 2.75) is 59.0 Å². The third-order valence-electron chi connectivity index (χ3n) is 8.01. The first-order valence-corrected chi connectivity index (χ1v) is 14.1. The molecule has 10 heteroatoms. The maximum atomic E-state index is 15.5. The standard InChI is InChI=1S/C31H37FN6O3/c1-5-24-26(21-7-9-25(33)34-17-21)27(36-19-35-24)20-6-8-22(23(32)16-20)28(39)38-15-12-31(18-38)10-13-37(14-11-31)29(40)41-30(2,3)4/h6-9,16-17,19H,5,10-15,18H2,1-4H3,(H2,33,34). The van der Waals surface area contributed by atoms with Gasteiger partial charge in [-0.3, -0.25) is 4.79 Å². The van der Waals surface area contributed by atoms with E-state index in [9.17, 15) is 9.59 Å². The number of pyridine rings is 1. The number of hydrogen-bond donors (Lipinski definition) is 1. The molecule has 2 N–H and O–H groups in total. The zero-order valence-electron chi connectivity index (χ0n) is 24.1. The number of carbonyl (C=O) groups is 2. The minimum absolute atomic E-state index is 0.0393. The molecule has 1 spiro atoms. The van der Waals surface area contributed by atoms with Gasteiger partial charge in [-0.1, -0.05) is 13.0 Å². The molecule has 2 saturated heterocycles. The summed E-state index contributed by atoms with van der Waals surface area (Å²) in [5, 5.41) is 0. The summed E-state index contributed by atoms with van der Waals surface area (Å²) < 4.78 is 21.1. The second-order valence-electron chi connectivity index (χ2n) is 12.0. The molecule has 2 aliphatic rings. The molecule has 2 aromatic heterocycles. The molecule has 0 saturated carbocycles. The van der Waals surface area contributed by atoms with Crippen LogP contribution in [0.15, 0.2) is 42.9 Å². The highest BCUT2D eigenvalue weighted by Gasteiger charge is 2.43. The van der Waals surface area contributed by atoms with Gasteiger partial charge in [-0.25, -0.2) is 24.1 Å². The predicted molar refractivity (Wildman–Crippen MR) is 154 cm³/mol. The first-order valence-electron chi connectivity index (χ1n) is 14.1. The van der Waals surface area contributed by atoms with E-state index in [-0.39, 0.29) is 23.0 Å². The number of rotatable bonds is 4. The molecule has 4 heterocycles. The van der Waals surface area contributed by atoms with Crippen LogP contribution < -0.4 is 5.73 Å². The van der Waals surface area contributed by atoms with Crippen molar-refractivity contribution in [1.82, 2.24) is 24.8 Å². The monoisotopic (exact) mass is 560 g/mol. The van der Waals surface area contributed by atoms with Crippen LogP contribution in [-0.4, -0.2) is 68.5 Å². The molecule has 0 atom stereocenters. The van der Waals surface area contributed by atoms with Crippen LogP contribution in [0.4, 0.5) is 15.0 Å². The summed E-state index contributed by atoms with van der Waals surface area (Å²) in [6.45, 7) is 9.85. The largest absolute Gasteiger partial charge is 0.444 e. The lowest BCUT2D eigenvalue weighted by Crippen LogP contribution is -2.46. The Morgan fingerprint density at radius 3 is 2.29 bits per heavy atom. The number of nitrogens with zero attached hydrogens (tertiary/aromatic N) is 5. The van der Waals surface area contributed by atoms with Crippen LogP contribution in [0, 0.1) is 11.2 Å². The summed E-state index contributed by atoms with van der Waals surface area (Å²) in [7, 11) is 0. The van der Waals surface area contributed by atoms with Crippen LogP contribution >= 0.6 is 0 Å². The van der Waals surface area contributed by atoms with Crippen molar-refractivity contribution in [2.75, 3.05) is 31.9 Å². The van der Waals surface area contributed by atoms with Gasteiger partial charge in [0.2, 0.25) is 0 Å². The van der Waals surface area contributed by atoms with Crippen LogP contribution in [0.1, 0.15) is 63.0 Å². The molecule has 216 valence electrons. The van der Waals surface area contributed by atoms with Crippen molar-refractivity contribution in [3.8, 4) is 22.4 Å². The highest BCUT2D eigenvalue weighted by molar-refractivity contribution is 5.95. The van der Waals surface area contributed by atoms with Gasteiger partial charge in [-0.15, -0.1) is 0 Å². The van der Waals surface area contributed by atoms with Crippen LogP contribution in [-0.2, 0) is 11.2 Å². The van der Waals surface area contributed by atoms with E-state index in [0.29, 0.717) is 49.7 Å². The predicted octanol–water partition coefficient (Wildman–Crippen LogP) is 5.35. The van der Waals surface area contributed by atoms with Crippen LogP contribution in [0.3, 0.4) is 0 Å². The van der Waals surface area contributed by atoms with Crippen LogP contribution in [0.5, 0.6) is 0 Å². The molecule has 0 unspecified atom stereocenters. The number of benzene rings is 1. The third-order valence-corrected chi connectivity index (χ3v) is 8.01. The summed E-state index contributed by atoms with van der Waals surface area (Å²) in [5.41, 5.74) is 8.69. The first kappa shape index (κ1) is 28.4. The molecule has 3 aromatic rings. The van der Waals surface area contributed by atoms with E-state index in [4.69, 9.17) is 10.5 Å². The number of aryl methyl sites for hydroxylation is 1. The van der Waals surface area contributed by atoms with E-state index >= 15 is 4.39 Å². The summed E-state index contributed by atoms with van der Waals surface area (Å²) in [5.74, 6) is -0.511. The van der Waals surface area contributed by atoms with E-state index < -0.39 is 11.4 Å². The number of likely N-dealkylation sites (tertiary alicyclic amines) is 2. The van der Waals surface area contributed by atoms with E-state index in [1.807, 2.05) is 33.8 Å². The molecule has 0 radical (unpaired) electrons. The Bertz CT molecular complexity index is 1450. The second kappa shape index (κ2) is 11.1. The van der Waals surface area contributed by atoms with Crippen LogP contribution in [0.25, 0.3) is 22.4 Å². The Morgan fingerprint density at radius 2 is 1.68 bits per heavy atom. The molecule has 0 bridgehead atoms. The average molecular weight is 561 g/mol. The lowest BCUT2D eigenvalue weighted by molar-refractivity contribution is 0.0108. The number of aromatic nitrogens is 3. The second-order valence-corrected chi connectivity index (χ2v) is 12.0. The molecule has 2 fully saturated rings. The number of carbonyl (C=O) groups excluding carboxylic acids is 2. The first-order chi connectivity index (χ1) is 19.5. The third kappa shape index (κ3) is 6.01. The fourth-order valence-corrected chi connectivity index (χ4v) is 5.78. The van der Waals surface area contributed by atoms with Crippen molar-refractivity contribution in [2.24, 2.45) is 5.41 Å². The van der Waals surface area contributed by atoms with Crippen molar-refractivity contribution < 1.29 is 18.7 Å². The zero-order chi connectivity index (χ0) is 29.4. The van der Waals surface area contributed by atoms with E-state index in [2.05, 4.69) is 15.0 Å². The smallest absolute Gasteiger partial charge is 0.410 e. The summed E-state index contributed by atoms with van der Waals surface area (Å²) >= 11 is 0. The molecule has 5 rings (SSSR count). The van der Waals surface area contributed by atoms with Gasteiger partial charge >= 0.3 is 6.09 Å². The molecule has 2 aliphatic heterocycles. The van der Waals surface area contributed by atoms with Crippen molar-refractivity contribution in [3.05, 3.63) is 59.9 Å². The molecule has 0 aliphatic carbocycles. The van der Waals surface area contributed by atoms with Gasteiger partial charge in [0.15, 0.2) is 0 Å². The number of hydrogen-bond acceptors (Lipinski definition) is 7. The normalized spacial score (nSPS) is 16.7. The summed E-state index contributed by atoms with van der Waals surface area (Å²) in [4.78, 5) is 42.5. The minimum Gasteiger partial charge on any atom is -0.444 e. The van der Waals surface area contributed by atoms with Gasteiger partial charge in [0.05, 0.1) is 17.0 Å². The Balaban J connectivity index is 1.31. The van der Waals surface area contributed by atoms with Crippen molar-refractivity contribution in [3.63, 3.8) is 0 Å². The number of piperidine rings is 1. The Kier molecular flexibility index (Phi) is 7.68. The lowest BCUT2D eigenvalue weighted by Gasteiger charge is -2.39. The molecular weight excluding hydrogens is 523 g/mol. The number of ether oxygens (including phenoxy) is 1. The highest BCUT2D eigenvalue weighted by Crippen LogP contribution is 2.41. The zero-order valence-corrected chi connectivity index (χ0v) is 24.1. The summed E-state index contributed by atoms with van der Waals surface area (Å²) in [6, 6.07) is 8.20. The van der Waals surface area contributed by atoms with Gasteiger partial charge < -0.3 is 20.3 Å². The van der Waals surface area contributed by atoms with Crippen molar-refractivity contribution in [1.29, 1.82) is 0 Å². The van der Waals surface area contributed by atoms with Gasteiger partial charge in [0.25, 0.3) is 5.91 Å². The number of halogens is 1. The Morgan fingerprint density at radius 1 is 1.00 bits per heavy atom. The van der Waals surface area contributed by atoms with E-state index in [1.165, 1.54) is 12.4 Å². The molecule has 41 heavy (non-hydrogen) atoms. The van der Waals surface area contributed by atoms with Gasteiger partial charge in [-0.2, -0.15) is 0 Å². The van der Waals surface area contributed by atoms with Gasteiger partial charge in [0.1, 0.15) is 23.6 Å². The van der Waals surface area contributed by atoms with Gasteiger partial charge in [-0.05, 0) is 76.1 Å².